The predicted octanol–water partition coefficient (Wildman–Crippen LogP) is 6.21. The van der Waals surface area contributed by atoms with Gasteiger partial charge < -0.3 is 9.32 Å². The largest absolute Gasteiger partial charge is 0.456 e. The summed E-state index contributed by atoms with van der Waals surface area (Å²) in [5.74, 6) is 0.534. The number of benzene rings is 2. The van der Waals surface area contributed by atoms with Crippen molar-refractivity contribution in [3.05, 3.63) is 75.0 Å². The summed E-state index contributed by atoms with van der Waals surface area (Å²) < 4.78 is 6.08. The molecule has 0 unspecified atom stereocenters. The molecule has 3 aromatic rings. The Bertz CT molecular complexity index is 1210. The van der Waals surface area contributed by atoms with Crippen LogP contribution in [0.2, 0.25) is 0 Å². The fraction of sp³-hybridized carbons (Fsp3) is 0.346. The number of aryl methyl sites for hydroxylation is 2. The van der Waals surface area contributed by atoms with Gasteiger partial charge in [0.25, 0.3) is 0 Å². The zero-order valence-electron chi connectivity index (χ0n) is 18.0. The Balaban J connectivity index is 1.93. The lowest BCUT2D eigenvalue weighted by Gasteiger charge is -2.33. The molecule has 0 saturated carbocycles. The molecule has 0 N–H and O–H groups in total. The van der Waals surface area contributed by atoms with E-state index in [0.29, 0.717) is 27.9 Å². The highest BCUT2D eigenvalue weighted by Gasteiger charge is 2.20. The Morgan fingerprint density at radius 3 is 2.52 bits per heavy atom. The van der Waals surface area contributed by atoms with Crippen molar-refractivity contribution in [1.29, 1.82) is 0 Å². The van der Waals surface area contributed by atoms with Crippen LogP contribution in [-0.2, 0) is 0 Å². The van der Waals surface area contributed by atoms with Crippen molar-refractivity contribution >= 4 is 27.6 Å². The van der Waals surface area contributed by atoms with Gasteiger partial charge in [-0.25, -0.2) is 0 Å². The predicted molar refractivity (Wildman–Crippen MR) is 122 cm³/mol. The summed E-state index contributed by atoms with van der Waals surface area (Å²) in [6, 6.07) is 9.83. The molecule has 2 heterocycles. The van der Waals surface area contributed by atoms with Crippen LogP contribution in [-0.4, -0.2) is 18.0 Å². The Morgan fingerprint density at radius 1 is 1.03 bits per heavy atom. The van der Waals surface area contributed by atoms with Crippen LogP contribution in [0.25, 0.3) is 27.6 Å². The van der Waals surface area contributed by atoms with E-state index in [9.17, 15) is 4.79 Å². The Kier molecular flexibility index (Phi) is 5.08. The first kappa shape index (κ1) is 19.5. The van der Waals surface area contributed by atoms with Crippen molar-refractivity contribution in [2.75, 3.05) is 13.1 Å². The molecule has 4 rings (SSSR count). The van der Waals surface area contributed by atoms with E-state index in [1.807, 2.05) is 37.3 Å². The van der Waals surface area contributed by atoms with Crippen LogP contribution < -0.4 is 5.43 Å². The highest BCUT2D eigenvalue weighted by molar-refractivity contribution is 5.92. The van der Waals surface area contributed by atoms with Gasteiger partial charge >= 0.3 is 0 Å². The van der Waals surface area contributed by atoms with Gasteiger partial charge in [-0.2, -0.15) is 0 Å². The molecule has 29 heavy (non-hydrogen) atoms. The molecular weight excluding hydrogens is 358 g/mol. The molecule has 0 saturated heterocycles. The number of hydrogen-bond donors (Lipinski definition) is 0. The van der Waals surface area contributed by atoms with E-state index < -0.39 is 0 Å². The van der Waals surface area contributed by atoms with Crippen LogP contribution in [0.5, 0.6) is 0 Å². The van der Waals surface area contributed by atoms with Gasteiger partial charge in [-0.3, -0.25) is 4.79 Å². The van der Waals surface area contributed by atoms with Gasteiger partial charge in [0.2, 0.25) is 5.43 Å². The Hall–Kier alpha value is -2.81. The standard InChI is InChI=1S/C26H29NO2/c1-6-11-27-15-19(16(2)3)8-9-23(27)20-14-22-25(13-18(20)5)29-24-10-7-17(4)12-21(24)26(22)28/h7-10,12-14,16H,6,11,15H2,1-5H3. The summed E-state index contributed by atoms with van der Waals surface area (Å²) in [7, 11) is 0. The zero-order chi connectivity index (χ0) is 20.7. The smallest absolute Gasteiger partial charge is 0.200 e. The van der Waals surface area contributed by atoms with Crippen LogP contribution in [0.15, 0.2) is 57.3 Å². The fourth-order valence-electron chi connectivity index (χ4n) is 4.15. The first-order valence-electron chi connectivity index (χ1n) is 10.5. The minimum absolute atomic E-state index is 0.0445. The lowest BCUT2D eigenvalue weighted by Crippen LogP contribution is -2.29. The summed E-state index contributed by atoms with van der Waals surface area (Å²) in [6.45, 7) is 12.7. The third-order valence-electron chi connectivity index (χ3n) is 5.85. The van der Waals surface area contributed by atoms with Gasteiger partial charge in [-0.1, -0.05) is 38.5 Å². The van der Waals surface area contributed by atoms with Crippen molar-refractivity contribution in [2.24, 2.45) is 5.92 Å². The number of hydrogen-bond acceptors (Lipinski definition) is 3. The summed E-state index contributed by atoms with van der Waals surface area (Å²) in [4.78, 5) is 15.7. The molecule has 1 aliphatic rings. The molecule has 3 nitrogen and oxygen atoms in total. The molecule has 0 amide bonds. The first-order valence-corrected chi connectivity index (χ1v) is 10.5. The first-order chi connectivity index (χ1) is 13.9. The average molecular weight is 388 g/mol. The monoisotopic (exact) mass is 387 g/mol. The maximum absolute atomic E-state index is 13.2. The summed E-state index contributed by atoms with van der Waals surface area (Å²) in [5, 5.41) is 1.30. The minimum Gasteiger partial charge on any atom is -0.456 e. The molecule has 0 aliphatic carbocycles. The van der Waals surface area contributed by atoms with Gasteiger partial charge in [0.15, 0.2) is 0 Å². The fourth-order valence-corrected chi connectivity index (χ4v) is 4.15. The van der Waals surface area contributed by atoms with E-state index in [4.69, 9.17) is 4.42 Å². The van der Waals surface area contributed by atoms with Crippen LogP contribution in [0, 0.1) is 19.8 Å². The summed E-state index contributed by atoms with van der Waals surface area (Å²) >= 11 is 0. The molecule has 2 aromatic carbocycles. The second-order valence-corrected chi connectivity index (χ2v) is 8.46. The van der Waals surface area contributed by atoms with Crippen molar-refractivity contribution in [3.63, 3.8) is 0 Å². The maximum Gasteiger partial charge on any atom is 0.200 e. The molecule has 0 fully saturated rings. The number of allylic oxidation sites excluding steroid dienone is 2. The normalized spacial score (nSPS) is 14.6. The number of fused-ring (bicyclic) bond motifs is 2. The Labute approximate surface area is 172 Å². The molecule has 0 spiro atoms. The van der Waals surface area contributed by atoms with Crippen molar-refractivity contribution in [1.82, 2.24) is 4.90 Å². The van der Waals surface area contributed by atoms with Crippen LogP contribution in [0.1, 0.15) is 43.9 Å². The highest BCUT2D eigenvalue weighted by Crippen LogP contribution is 2.32. The van der Waals surface area contributed by atoms with Crippen LogP contribution in [0.3, 0.4) is 0 Å². The summed E-state index contributed by atoms with van der Waals surface area (Å²) in [6.07, 6.45) is 5.55. The topological polar surface area (TPSA) is 33.5 Å². The van der Waals surface area contributed by atoms with Crippen molar-refractivity contribution in [3.8, 4) is 0 Å². The third-order valence-corrected chi connectivity index (χ3v) is 5.85. The molecule has 150 valence electrons. The molecule has 0 bridgehead atoms. The van der Waals surface area contributed by atoms with E-state index in [1.54, 1.807) is 0 Å². The van der Waals surface area contributed by atoms with Crippen molar-refractivity contribution < 1.29 is 4.42 Å². The average Bonchev–Trinajstić information content (AvgIpc) is 2.69. The number of rotatable bonds is 4. The second-order valence-electron chi connectivity index (χ2n) is 8.46. The van der Waals surface area contributed by atoms with Gasteiger partial charge in [0.05, 0.1) is 10.8 Å². The van der Waals surface area contributed by atoms with Gasteiger partial charge in [0, 0.05) is 24.4 Å². The van der Waals surface area contributed by atoms with Crippen molar-refractivity contribution in [2.45, 2.75) is 41.0 Å². The van der Waals surface area contributed by atoms with E-state index in [-0.39, 0.29) is 5.43 Å². The zero-order valence-corrected chi connectivity index (χ0v) is 18.0. The second kappa shape index (κ2) is 7.55. The lowest BCUT2D eigenvalue weighted by molar-refractivity contribution is 0.409. The molecular formula is C26H29NO2. The van der Waals surface area contributed by atoms with Crippen LogP contribution >= 0.6 is 0 Å². The van der Waals surface area contributed by atoms with E-state index in [0.717, 1.165) is 36.2 Å². The third kappa shape index (κ3) is 3.50. The molecule has 0 atom stereocenters. The SMILES string of the molecule is CCCN1CC(C(C)C)=CC=C1c1cc2c(=O)c3cc(C)ccc3oc2cc1C. The van der Waals surface area contributed by atoms with Gasteiger partial charge in [-0.05, 0) is 67.7 Å². The van der Waals surface area contributed by atoms with E-state index in [1.165, 1.54) is 11.3 Å². The summed E-state index contributed by atoms with van der Waals surface area (Å²) in [5.41, 5.74) is 7.29. The maximum atomic E-state index is 13.2. The van der Waals surface area contributed by atoms with Gasteiger partial charge in [0.1, 0.15) is 11.2 Å². The van der Waals surface area contributed by atoms with Gasteiger partial charge in [-0.15, -0.1) is 0 Å². The van der Waals surface area contributed by atoms with E-state index in [2.05, 4.69) is 44.7 Å². The number of nitrogens with zero attached hydrogens (tertiary/aromatic N) is 1. The molecule has 1 aliphatic heterocycles. The van der Waals surface area contributed by atoms with Crippen LogP contribution in [0.4, 0.5) is 0 Å². The minimum atomic E-state index is 0.0445. The Morgan fingerprint density at radius 2 is 1.79 bits per heavy atom. The molecule has 3 heteroatoms. The van der Waals surface area contributed by atoms with E-state index >= 15 is 0 Å². The molecule has 1 aromatic heterocycles. The highest BCUT2D eigenvalue weighted by atomic mass is 16.3. The lowest BCUT2D eigenvalue weighted by atomic mass is 9.94. The molecule has 0 radical (unpaired) electrons. The quantitative estimate of drug-likeness (QED) is 0.499.